The lowest BCUT2D eigenvalue weighted by atomic mass is 9.76. The summed E-state index contributed by atoms with van der Waals surface area (Å²) >= 11 is 0. The number of nitrogens with two attached hydrogens (primary N) is 1. The van der Waals surface area contributed by atoms with Gasteiger partial charge >= 0.3 is 0 Å². The number of fused-ring (bicyclic) bond motifs is 6. The molecule has 7 aromatic rings. The first-order valence-electron chi connectivity index (χ1n) is 12.3. The second-order valence-electron chi connectivity index (χ2n) is 10.0. The molecule has 0 bridgehead atoms. The Morgan fingerprint density at radius 1 is 0.842 bits per heavy atom. The molecule has 1 aliphatic carbocycles. The van der Waals surface area contributed by atoms with Gasteiger partial charge in [0.05, 0.1) is 12.4 Å². The molecule has 0 saturated carbocycles. The summed E-state index contributed by atoms with van der Waals surface area (Å²) in [5.74, 6) is -0.0678. The van der Waals surface area contributed by atoms with Gasteiger partial charge < -0.3 is 25.6 Å². The van der Waals surface area contributed by atoms with Crippen molar-refractivity contribution in [3.63, 3.8) is 0 Å². The SMILES string of the molecule is Nc1nc2ncn([C@@H]3c4c(cc5ccc6cccc7c8ccccc8c4c5c67)[C@@H](O)[C@H](O)[C@H]3O)c2c(=O)[nH]1. The summed E-state index contributed by atoms with van der Waals surface area (Å²) in [5.41, 5.74) is 6.60. The summed E-state index contributed by atoms with van der Waals surface area (Å²) in [7, 11) is 0. The van der Waals surface area contributed by atoms with E-state index in [-0.39, 0.29) is 17.1 Å². The van der Waals surface area contributed by atoms with Crippen LogP contribution in [0.2, 0.25) is 0 Å². The average Bonchev–Trinajstić information content (AvgIpc) is 3.34. The van der Waals surface area contributed by atoms with Gasteiger partial charge in [0.1, 0.15) is 18.3 Å². The maximum atomic E-state index is 13.0. The number of aliphatic hydroxyl groups excluding tert-OH is 3. The number of rotatable bonds is 1. The zero-order chi connectivity index (χ0) is 25.9. The fourth-order valence-electron chi connectivity index (χ4n) is 6.52. The highest BCUT2D eigenvalue weighted by Gasteiger charge is 2.44. The van der Waals surface area contributed by atoms with E-state index in [2.05, 4.69) is 39.2 Å². The third-order valence-corrected chi connectivity index (χ3v) is 8.07. The zero-order valence-electron chi connectivity index (χ0n) is 19.8. The van der Waals surface area contributed by atoms with Crippen molar-refractivity contribution in [2.24, 2.45) is 0 Å². The number of benzene rings is 5. The van der Waals surface area contributed by atoms with Crippen molar-refractivity contribution in [3.05, 3.63) is 88.5 Å². The van der Waals surface area contributed by atoms with Crippen molar-refractivity contribution in [1.82, 2.24) is 19.5 Å². The van der Waals surface area contributed by atoms with Crippen LogP contribution in [0.3, 0.4) is 0 Å². The lowest BCUT2D eigenvalue weighted by Crippen LogP contribution is -2.44. The Kier molecular flexibility index (Phi) is 4.11. The Hall–Kier alpha value is -4.57. The molecular weight excluding hydrogens is 482 g/mol. The van der Waals surface area contributed by atoms with Gasteiger partial charge in [-0.15, -0.1) is 0 Å². The zero-order valence-corrected chi connectivity index (χ0v) is 19.8. The van der Waals surface area contributed by atoms with E-state index in [1.807, 2.05) is 36.4 Å². The minimum absolute atomic E-state index is 0.0678. The monoisotopic (exact) mass is 503 g/mol. The molecule has 5 aromatic carbocycles. The van der Waals surface area contributed by atoms with Gasteiger partial charge in [0.15, 0.2) is 11.2 Å². The molecule has 2 heterocycles. The predicted molar refractivity (Wildman–Crippen MR) is 145 cm³/mol. The van der Waals surface area contributed by atoms with Crippen LogP contribution in [-0.2, 0) is 0 Å². The Morgan fingerprint density at radius 3 is 2.42 bits per heavy atom. The van der Waals surface area contributed by atoms with Crippen LogP contribution in [0, 0.1) is 0 Å². The number of hydrogen-bond acceptors (Lipinski definition) is 7. The van der Waals surface area contributed by atoms with Crippen LogP contribution < -0.4 is 11.3 Å². The number of H-pyrrole nitrogens is 1. The summed E-state index contributed by atoms with van der Waals surface area (Å²) in [6.07, 6.45) is -2.85. The standard InChI is InChI=1S/C29H21N5O4/c30-29-32-27-23(28(38)33-29)34(11-31-27)22-21-17(24(35)26(37)25(22)36)10-13-9-8-12-4-3-7-15-14-5-1-2-6-16(14)20(21)19(13)18(12)15/h1-11,22,24-26,35-37H,(H3,30,32,33,38)/t22-,24-,25+,26+/m1/s1. The first-order valence-corrected chi connectivity index (χ1v) is 12.3. The average molecular weight is 504 g/mol. The van der Waals surface area contributed by atoms with Crippen molar-refractivity contribution < 1.29 is 15.3 Å². The van der Waals surface area contributed by atoms with Crippen molar-refractivity contribution in [3.8, 4) is 0 Å². The van der Waals surface area contributed by atoms with Crippen molar-refractivity contribution in [2.45, 2.75) is 24.4 Å². The van der Waals surface area contributed by atoms with Crippen molar-refractivity contribution in [2.75, 3.05) is 5.73 Å². The predicted octanol–water partition coefficient (Wildman–Crippen LogP) is 3.11. The van der Waals surface area contributed by atoms with Gasteiger partial charge in [0.2, 0.25) is 5.95 Å². The maximum absolute atomic E-state index is 13.0. The molecule has 186 valence electrons. The lowest BCUT2D eigenvalue weighted by molar-refractivity contribution is -0.0834. The molecule has 0 spiro atoms. The van der Waals surface area contributed by atoms with Crippen LogP contribution in [0.15, 0.2) is 71.8 Å². The number of nitrogens with zero attached hydrogens (tertiary/aromatic N) is 3. The molecule has 8 rings (SSSR count). The Morgan fingerprint density at radius 2 is 1.58 bits per heavy atom. The van der Waals surface area contributed by atoms with Gasteiger partial charge in [-0.25, -0.2) is 4.98 Å². The molecule has 38 heavy (non-hydrogen) atoms. The number of nitrogen functional groups attached to an aromatic ring is 1. The molecule has 0 saturated heterocycles. The van der Waals surface area contributed by atoms with Crippen LogP contribution >= 0.6 is 0 Å². The van der Waals surface area contributed by atoms with Crippen molar-refractivity contribution in [1.29, 1.82) is 0 Å². The smallest absolute Gasteiger partial charge is 0.278 e. The molecule has 0 amide bonds. The van der Waals surface area contributed by atoms with E-state index in [0.717, 1.165) is 43.1 Å². The quantitative estimate of drug-likeness (QED) is 0.171. The number of aromatic nitrogens is 4. The second-order valence-corrected chi connectivity index (χ2v) is 10.0. The van der Waals surface area contributed by atoms with Gasteiger partial charge in [0, 0.05) is 0 Å². The van der Waals surface area contributed by atoms with E-state index in [9.17, 15) is 20.1 Å². The van der Waals surface area contributed by atoms with Gasteiger partial charge in [-0.05, 0) is 60.3 Å². The molecule has 0 aliphatic heterocycles. The van der Waals surface area contributed by atoms with E-state index < -0.39 is 29.9 Å². The van der Waals surface area contributed by atoms with Crippen LogP contribution in [0.5, 0.6) is 0 Å². The highest BCUT2D eigenvalue weighted by molar-refractivity contribution is 6.34. The van der Waals surface area contributed by atoms with E-state index in [1.54, 1.807) is 0 Å². The van der Waals surface area contributed by atoms with E-state index in [4.69, 9.17) is 5.73 Å². The minimum Gasteiger partial charge on any atom is -0.388 e. The summed E-state index contributed by atoms with van der Waals surface area (Å²) in [5, 5.41) is 41.7. The number of nitrogens with one attached hydrogen (secondary N) is 1. The molecule has 4 atom stereocenters. The maximum Gasteiger partial charge on any atom is 0.278 e. The molecule has 1 aliphatic rings. The van der Waals surface area contributed by atoms with Gasteiger partial charge in [0.25, 0.3) is 5.56 Å². The highest BCUT2D eigenvalue weighted by Crippen LogP contribution is 2.49. The van der Waals surface area contributed by atoms with Crippen LogP contribution in [0.4, 0.5) is 5.95 Å². The third kappa shape index (κ3) is 2.57. The van der Waals surface area contributed by atoms with Gasteiger partial charge in [-0.2, -0.15) is 4.98 Å². The largest absolute Gasteiger partial charge is 0.388 e. The van der Waals surface area contributed by atoms with Crippen LogP contribution in [-0.4, -0.2) is 47.0 Å². The fourth-order valence-corrected chi connectivity index (χ4v) is 6.52. The van der Waals surface area contributed by atoms with E-state index >= 15 is 0 Å². The Bertz CT molecular complexity index is 2150. The first kappa shape index (κ1) is 21.5. The van der Waals surface area contributed by atoms with E-state index in [0.29, 0.717) is 11.1 Å². The topological polar surface area (TPSA) is 150 Å². The Balaban J connectivity index is 1.62. The molecule has 9 nitrogen and oxygen atoms in total. The number of imidazole rings is 1. The summed E-state index contributed by atoms with van der Waals surface area (Å²) in [6, 6.07) is 19.3. The summed E-state index contributed by atoms with van der Waals surface area (Å²) in [4.78, 5) is 23.9. The number of aromatic amines is 1. The normalized spacial score (nSPS) is 21.8. The lowest BCUT2D eigenvalue weighted by Gasteiger charge is -2.39. The summed E-state index contributed by atoms with van der Waals surface area (Å²) < 4.78 is 1.53. The number of anilines is 1. The second kappa shape index (κ2) is 7.26. The first-order chi connectivity index (χ1) is 18.4. The minimum atomic E-state index is -1.50. The molecule has 0 unspecified atom stereocenters. The molecule has 6 N–H and O–H groups in total. The molecule has 0 radical (unpaired) electrons. The third-order valence-electron chi connectivity index (χ3n) is 8.07. The molecule has 9 heteroatoms. The highest BCUT2D eigenvalue weighted by atomic mass is 16.4. The number of aliphatic hydroxyl groups is 3. The van der Waals surface area contributed by atoms with Crippen LogP contribution in [0.25, 0.3) is 54.3 Å². The van der Waals surface area contributed by atoms with Crippen LogP contribution in [0.1, 0.15) is 23.3 Å². The molecular formula is C29H21N5O4. The van der Waals surface area contributed by atoms with Crippen molar-refractivity contribution >= 4 is 60.2 Å². The van der Waals surface area contributed by atoms with Gasteiger partial charge in [-0.1, -0.05) is 54.6 Å². The Labute approximate surface area is 213 Å². The molecule has 2 aromatic heterocycles. The number of hydrogen-bond donors (Lipinski definition) is 5. The summed E-state index contributed by atoms with van der Waals surface area (Å²) in [6.45, 7) is 0. The fraction of sp³-hybridized carbons (Fsp3) is 0.138. The van der Waals surface area contributed by atoms with Gasteiger partial charge in [-0.3, -0.25) is 9.78 Å². The van der Waals surface area contributed by atoms with E-state index in [1.165, 1.54) is 10.9 Å². The molecule has 0 fully saturated rings.